The molecule has 5 atom stereocenters. The fourth-order valence-corrected chi connectivity index (χ4v) is 7.40. The van der Waals surface area contributed by atoms with Gasteiger partial charge in [-0.1, -0.05) is 26.8 Å². The molecular weight excluding hydrogens is 520 g/mol. The van der Waals surface area contributed by atoms with Crippen molar-refractivity contribution in [2.24, 2.45) is 28.2 Å². The third-order valence-electron chi connectivity index (χ3n) is 10.1. The van der Waals surface area contributed by atoms with E-state index in [1.54, 1.807) is 10.8 Å². The molecule has 0 spiro atoms. The smallest absolute Gasteiger partial charge is 0.258 e. The number of pyridine rings is 1. The Bertz CT molecular complexity index is 1530. The Labute approximate surface area is 240 Å². The standard InChI is InChI=1S/C33H41F2N5O/c1-20-19-40(14-11-36-20)32(38-30-17-24-16-28(21(30)2)33(24,3)4)37-26-7-8-27-23(15-26)10-13-39(31(27)41)12-9-22-5-6-25(34)18-29(22)35/h5-8,10,13,15,18,20-21,24,28,30,36H,9,11-12,14,16-17,19H2,1-4H3,(H,37,38)/t20-,21-,24-,28+,30?/m0/s1. The molecular formula is C33H41F2N5O. The lowest BCUT2D eigenvalue weighted by molar-refractivity contribution is -0.108. The molecule has 218 valence electrons. The highest BCUT2D eigenvalue weighted by Gasteiger charge is 2.56. The van der Waals surface area contributed by atoms with Crippen LogP contribution in [0.4, 0.5) is 14.5 Å². The molecule has 4 aliphatic rings. The van der Waals surface area contributed by atoms with Crippen molar-refractivity contribution >= 4 is 22.4 Å². The molecule has 2 bridgehead atoms. The number of aromatic nitrogens is 1. The number of nitrogens with zero attached hydrogens (tertiary/aromatic N) is 3. The summed E-state index contributed by atoms with van der Waals surface area (Å²) in [5.74, 6) is 1.74. The number of aryl methyl sites for hydroxylation is 2. The van der Waals surface area contributed by atoms with Crippen molar-refractivity contribution < 1.29 is 8.78 Å². The van der Waals surface area contributed by atoms with E-state index in [1.165, 1.54) is 18.6 Å². The van der Waals surface area contributed by atoms with Crippen molar-refractivity contribution in [3.05, 3.63) is 76.2 Å². The third kappa shape index (κ3) is 5.39. The lowest BCUT2D eigenvalue weighted by atomic mass is 9.45. The summed E-state index contributed by atoms with van der Waals surface area (Å²) >= 11 is 0. The van der Waals surface area contributed by atoms with Crippen molar-refractivity contribution in [2.75, 3.05) is 25.0 Å². The summed E-state index contributed by atoms with van der Waals surface area (Å²) in [5.41, 5.74) is 1.59. The minimum atomic E-state index is -0.605. The van der Waals surface area contributed by atoms with Gasteiger partial charge in [0.25, 0.3) is 5.56 Å². The second-order valence-electron chi connectivity index (χ2n) is 13.0. The fraction of sp³-hybridized carbons (Fsp3) is 0.515. The molecule has 3 aliphatic carbocycles. The van der Waals surface area contributed by atoms with E-state index in [0.717, 1.165) is 61.0 Å². The molecule has 1 aromatic heterocycles. The summed E-state index contributed by atoms with van der Waals surface area (Å²) in [6, 6.07) is 12.0. The van der Waals surface area contributed by atoms with Gasteiger partial charge in [0.1, 0.15) is 11.6 Å². The zero-order valence-corrected chi connectivity index (χ0v) is 24.5. The van der Waals surface area contributed by atoms with Crippen molar-refractivity contribution in [3.8, 4) is 0 Å². The highest BCUT2D eigenvalue weighted by Crippen LogP contribution is 2.61. The van der Waals surface area contributed by atoms with Gasteiger partial charge in [-0.15, -0.1) is 0 Å². The zero-order valence-electron chi connectivity index (χ0n) is 24.5. The van der Waals surface area contributed by atoms with Crippen LogP contribution in [0.3, 0.4) is 0 Å². The number of nitrogens with one attached hydrogen (secondary N) is 2. The van der Waals surface area contributed by atoms with Crippen LogP contribution in [-0.2, 0) is 13.0 Å². The first kappa shape index (κ1) is 27.9. The number of guanidine groups is 1. The van der Waals surface area contributed by atoms with Gasteiger partial charge < -0.3 is 20.1 Å². The maximum Gasteiger partial charge on any atom is 0.258 e. The second kappa shape index (κ2) is 10.9. The highest BCUT2D eigenvalue weighted by molar-refractivity contribution is 5.96. The van der Waals surface area contributed by atoms with Crippen molar-refractivity contribution in [1.29, 1.82) is 0 Å². The minimum Gasteiger partial charge on any atom is -0.340 e. The monoisotopic (exact) mass is 561 g/mol. The summed E-state index contributed by atoms with van der Waals surface area (Å²) in [4.78, 5) is 21.0. The molecule has 3 aromatic rings. The van der Waals surface area contributed by atoms with E-state index >= 15 is 0 Å². The van der Waals surface area contributed by atoms with Crippen molar-refractivity contribution in [3.63, 3.8) is 0 Å². The molecule has 0 amide bonds. The predicted octanol–water partition coefficient (Wildman–Crippen LogP) is 5.65. The van der Waals surface area contributed by atoms with E-state index in [4.69, 9.17) is 4.99 Å². The molecule has 2 aromatic carbocycles. The number of hydrogen-bond acceptors (Lipinski definition) is 3. The van der Waals surface area contributed by atoms with Crippen LogP contribution >= 0.6 is 0 Å². The molecule has 4 fully saturated rings. The summed E-state index contributed by atoms with van der Waals surface area (Å²) in [6.07, 6.45) is 4.52. The van der Waals surface area contributed by atoms with Gasteiger partial charge in [-0.2, -0.15) is 0 Å². The summed E-state index contributed by atoms with van der Waals surface area (Å²) in [6.45, 7) is 12.4. The molecule has 7 rings (SSSR count). The van der Waals surface area contributed by atoms with E-state index in [2.05, 4.69) is 43.2 Å². The number of piperazine rings is 1. The molecule has 1 saturated heterocycles. The Morgan fingerprint density at radius 1 is 1.12 bits per heavy atom. The first-order chi connectivity index (χ1) is 19.6. The average molecular weight is 562 g/mol. The van der Waals surface area contributed by atoms with Gasteiger partial charge in [0.05, 0.1) is 6.04 Å². The molecule has 8 heteroatoms. The first-order valence-electron chi connectivity index (χ1n) is 15.0. The van der Waals surface area contributed by atoms with E-state index in [1.807, 2.05) is 24.3 Å². The first-order valence-corrected chi connectivity index (χ1v) is 15.0. The Kier molecular flexibility index (Phi) is 7.39. The molecule has 6 nitrogen and oxygen atoms in total. The number of benzene rings is 2. The van der Waals surface area contributed by atoms with Crippen LogP contribution in [0.25, 0.3) is 10.8 Å². The van der Waals surface area contributed by atoms with Crippen LogP contribution in [-0.4, -0.2) is 47.1 Å². The van der Waals surface area contributed by atoms with Crippen molar-refractivity contribution in [2.45, 2.75) is 65.6 Å². The molecule has 41 heavy (non-hydrogen) atoms. The lowest BCUT2D eigenvalue weighted by Crippen LogP contribution is -2.57. The number of fused-ring (bicyclic) bond motifs is 3. The van der Waals surface area contributed by atoms with Gasteiger partial charge in [0.15, 0.2) is 5.96 Å². The normalized spacial score (nSPS) is 27.5. The molecule has 2 N–H and O–H groups in total. The maximum absolute atomic E-state index is 14.1. The quantitative estimate of drug-likeness (QED) is 0.312. The van der Waals surface area contributed by atoms with Gasteiger partial charge in [0.2, 0.25) is 0 Å². The number of rotatable bonds is 5. The van der Waals surface area contributed by atoms with Gasteiger partial charge in [-0.05, 0) is 90.6 Å². The van der Waals surface area contributed by atoms with Crippen LogP contribution in [0.2, 0.25) is 0 Å². The predicted molar refractivity (Wildman–Crippen MR) is 161 cm³/mol. The number of hydrogen-bond donors (Lipinski definition) is 2. The van der Waals surface area contributed by atoms with Crippen LogP contribution in [0.5, 0.6) is 0 Å². The third-order valence-corrected chi connectivity index (χ3v) is 10.1. The summed E-state index contributed by atoms with van der Waals surface area (Å²) < 4.78 is 28.9. The summed E-state index contributed by atoms with van der Waals surface area (Å²) in [5, 5.41) is 8.61. The minimum absolute atomic E-state index is 0.126. The molecule has 2 heterocycles. The Balaban J connectivity index is 1.23. The van der Waals surface area contributed by atoms with E-state index in [0.29, 0.717) is 47.3 Å². The highest BCUT2D eigenvalue weighted by atomic mass is 19.1. The van der Waals surface area contributed by atoms with E-state index in [9.17, 15) is 13.6 Å². The van der Waals surface area contributed by atoms with Crippen LogP contribution < -0.4 is 16.2 Å². The molecule has 1 unspecified atom stereocenters. The van der Waals surface area contributed by atoms with Gasteiger partial charge in [-0.3, -0.25) is 4.79 Å². The fourth-order valence-electron chi connectivity index (χ4n) is 7.40. The Morgan fingerprint density at radius 3 is 2.68 bits per heavy atom. The molecule has 0 radical (unpaired) electrons. The number of aliphatic imine (C=N–C) groups is 1. The average Bonchev–Trinajstić information content (AvgIpc) is 2.94. The van der Waals surface area contributed by atoms with Gasteiger partial charge in [-0.25, -0.2) is 13.8 Å². The van der Waals surface area contributed by atoms with E-state index in [-0.39, 0.29) is 5.56 Å². The Morgan fingerprint density at radius 2 is 1.95 bits per heavy atom. The largest absolute Gasteiger partial charge is 0.340 e. The van der Waals surface area contributed by atoms with Crippen LogP contribution in [0.15, 0.2) is 58.4 Å². The molecule has 3 saturated carbocycles. The number of halogens is 2. The number of anilines is 1. The zero-order chi connectivity index (χ0) is 28.9. The topological polar surface area (TPSA) is 61.7 Å². The van der Waals surface area contributed by atoms with Gasteiger partial charge in [0, 0.05) is 55.6 Å². The maximum atomic E-state index is 14.1. The summed E-state index contributed by atoms with van der Waals surface area (Å²) in [7, 11) is 0. The second-order valence-corrected chi connectivity index (χ2v) is 13.0. The SMILES string of the molecule is C[C@@H]1C(N=C(Nc2ccc3c(=O)n(CCc4ccc(F)cc4F)ccc3c2)N2CCN[C@@H](C)C2)C[C@@H]2C[C@H]1C2(C)C. The Hall–Kier alpha value is -3.26. The molecule has 1 aliphatic heterocycles. The van der Waals surface area contributed by atoms with E-state index < -0.39 is 11.6 Å². The van der Waals surface area contributed by atoms with Gasteiger partial charge >= 0.3 is 0 Å². The van der Waals surface area contributed by atoms with Crippen LogP contribution in [0, 0.1) is 34.8 Å². The van der Waals surface area contributed by atoms with Crippen molar-refractivity contribution in [1.82, 2.24) is 14.8 Å². The van der Waals surface area contributed by atoms with Crippen LogP contribution in [0.1, 0.15) is 46.1 Å². The lowest BCUT2D eigenvalue weighted by Gasteiger charge is -2.61.